The molecule has 14 heavy (non-hydrogen) atoms. The molecule has 0 heterocycles. The summed E-state index contributed by atoms with van der Waals surface area (Å²) in [4.78, 5) is 2.16. The highest BCUT2D eigenvalue weighted by Gasteiger charge is 2.13. The van der Waals surface area contributed by atoms with Gasteiger partial charge in [-0.25, -0.2) is 0 Å². The summed E-state index contributed by atoms with van der Waals surface area (Å²) in [5.41, 5.74) is 8.30. The van der Waals surface area contributed by atoms with Gasteiger partial charge in [0.1, 0.15) is 0 Å². The molecule has 1 aromatic carbocycles. The second-order valence-corrected chi connectivity index (χ2v) is 4.66. The van der Waals surface area contributed by atoms with Crippen LogP contribution in [0.2, 0.25) is 0 Å². The monoisotopic (exact) mass is 192 g/mol. The minimum atomic E-state index is -0.248. The van der Waals surface area contributed by atoms with Crippen molar-refractivity contribution in [3.05, 3.63) is 35.4 Å². The van der Waals surface area contributed by atoms with Crippen molar-refractivity contribution in [2.75, 3.05) is 14.1 Å². The van der Waals surface area contributed by atoms with Gasteiger partial charge in [-0.2, -0.15) is 0 Å². The van der Waals surface area contributed by atoms with Gasteiger partial charge in [-0.05, 0) is 39.1 Å². The van der Waals surface area contributed by atoms with Crippen LogP contribution < -0.4 is 5.73 Å². The van der Waals surface area contributed by atoms with Crippen LogP contribution in [0.1, 0.15) is 25.0 Å². The van der Waals surface area contributed by atoms with E-state index in [1.165, 1.54) is 11.1 Å². The average Bonchev–Trinajstić information content (AvgIpc) is 2.01. The van der Waals surface area contributed by atoms with Crippen molar-refractivity contribution in [1.29, 1.82) is 0 Å². The summed E-state index contributed by atoms with van der Waals surface area (Å²) >= 11 is 0. The van der Waals surface area contributed by atoms with Crippen LogP contribution in [0.25, 0.3) is 0 Å². The van der Waals surface area contributed by atoms with Crippen LogP contribution in [0.4, 0.5) is 0 Å². The first kappa shape index (κ1) is 11.2. The van der Waals surface area contributed by atoms with Gasteiger partial charge in [-0.15, -0.1) is 0 Å². The summed E-state index contributed by atoms with van der Waals surface area (Å²) < 4.78 is 0. The Balaban J connectivity index is 2.90. The molecule has 2 nitrogen and oxygen atoms in total. The SMILES string of the molecule is CN(C)Cc1cccc(C(C)(C)N)c1. The fourth-order valence-electron chi connectivity index (χ4n) is 1.44. The molecule has 0 unspecified atom stereocenters. The Kier molecular flexibility index (Phi) is 3.29. The minimum Gasteiger partial charge on any atom is -0.322 e. The highest BCUT2D eigenvalue weighted by Crippen LogP contribution is 2.18. The highest BCUT2D eigenvalue weighted by molar-refractivity contribution is 5.28. The maximum atomic E-state index is 6.04. The second kappa shape index (κ2) is 4.11. The molecule has 0 aromatic heterocycles. The maximum Gasteiger partial charge on any atom is 0.0352 e. The van der Waals surface area contributed by atoms with Crippen LogP contribution in [0.5, 0.6) is 0 Å². The van der Waals surface area contributed by atoms with Gasteiger partial charge in [-0.1, -0.05) is 24.3 Å². The molecule has 0 spiro atoms. The fourth-order valence-corrected chi connectivity index (χ4v) is 1.44. The third kappa shape index (κ3) is 3.13. The van der Waals surface area contributed by atoms with Crippen molar-refractivity contribution in [3.8, 4) is 0 Å². The van der Waals surface area contributed by atoms with Gasteiger partial charge in [0, 0.05) is 12.1 Å². The number of benzene rings is 1. The lowest BCUT2D eigenvalue weighted by atomic mass is 9.94. The third-order valence-electron chi connectivity index (χ3n) is 2.17. The molecule has 1 aromatic rings. The molecule has 78 valence electrons. The first-order chi connectivity index (χ1) is 6.39. The number of nitrogens with zero attached hydrogens (tertiary/aromatic N) is 1. The van der Waals surface area contributed by atoms with Crippen molar-refractivity contribution < 1.29 is 0 Å². The van der Waals surface area contributed by atoms with Gasteiger partial charge in [0.15, 0.2) is 0 Å². The zero-order chi connectivity index (χ0) is 10.8. The summed E-state index contributed by atoms with van der Waals surface area (Å²) in [6.45, 7) is 5.02. The first-order valence-corrected chi connectivity index (χ1v) is 4.92. The summed E-state index contributed by atoms with van der Waals surface area (Å²) in [6, 6.07) is 8.47. The van der Waals surface area contributed by atoms with E-state index in [1.807, 2.05) is 13.8 Å². The van der Waals surface area contributed by atoms with Crippen molar-refractivity contribution in [3.63, 3.8) is 0 Å². The quantitative estimate of drug-likeness (QED) is 0.793. The first-order valence-electron chi connectivity index (χ1n) is 4.92. The van der Waals surface area contributed by atoms with Gasteiger partial charge in [0.2, 0.25) is 0 Å². The van der Waals surface area contributed by atoms with Crippen molar-refractivity contribution >= 4 is 0 Å². The fraction of sp³-hybridized carbons (Fsp3) is 0.500. The molecule has 2 heteroatoms. The smallest absolute Gasteiger partial charge is 0.0352 e. The molecule has 2 N–H and O–H groups in total. The Morgan fingerprint density at radius 1 is 1.29 bits per heavy atom. The van der Waals surface area contributed by atoms with Gasteiger partial charge < -0.3 is 10.6 Å². The summed E-state index contributed by atoms with van der Waals surface area (Å²) in [6.07, 6.45) is 0. The average molecular weight is 192 g/mol. The lowest BCUT2D eigenvalue weighted by Crippen LogP contribution is -2.28. The molecule has 0 saturated carbocycles. The lowest BCUT2D eigenvalue weighted by molar-refractivity contribution is 0.402. The molecular formula is C12H20N2. The summed E-state index contributed by atoms with van der Waals surface area (Å²) in [7, 11) is 4.14. The van der Waals surface area contributed by atoms with Crippen molar-refractivity contribution in [2.45, 2.75) is 25.9 Å². The van der Waals surface area contributed by atoms with Gasteiger partial charge in [0.25, 0.3) is 0 Å². The molecular weight excluding hydrogens is 172 g/mol. The Morgan fingerprint density at radius 2 is 1.93 bits per heavy atom. The molecule has 0 radical (unpaired) electrons. The molecule has 0 bridgehead atoms. The van der Waals surface area contributed by atoms with Crippen LogP contribution in [0.15, 0.2) is 24.3 Å². The molecule has 0 fully saturated rings. The molecule has 0 saturated heterocycles. The zero-order valence-corrected chi connectivity index (χ0v) is 9.54. The maximum absolute atomic E-state index is 6.04. The van der Waals surface area contributed by atoms with E-state index < -0.39 is 0 Å². The van der Waals surface area contributed by atoms with E-state index in [1.54, 1.807) is 0 Å². The Morgan fingerprint density at radius 3 is 2.43 bits per heavy atom. The number of nitrogens with two attached hydrogens (primary N) is 1. The van der Waals surface area contributed by atoms with E-state index in [4.69, 9.17) is 5.73 Å². The van der Waals surface area contributed by atoms with Crippen molar-refractivity contribution in [1.82, 2.24) is 4.90 Å². The van der Waals surface area contributed by atoms with Gasteiger partial charge >= 0.3 is 0 Å². The third-order valence-corrected chi connectivity index (χ3v) is 2.17. The second-order valence-electron chi connectivity index (χ2n) is 4.66. The molecule has 0 aliphatic heterocycles. The molecule has 0 aliphatic carbocycles. The van der Waals surface area contributed by atoms with E-state index in [0.717, 1.165) is 6.54 Å². The minimum absolute atomic E-state index is 0.248. The van der Waals surface area contributed by atoms with E-state index in [0.29, 0.717) is 0 Å². The van der Waals surface area contributed by atoms with Crippen LogP contribution in [-0.4, -0.2) is 19.0 Å². The van der Waals surface area contributed by atoms with Gasteiger partial charge in [0.05, 0.1) is 0 Å². The Bertz CT molecular complexity index is 297. The molecule has 1 rings (SSSR count). The van der Waals surface area contributed by atoms with Crippen LogP contribution in [0, 0.1) is 0 Å². The van der Waals surface area contributed by atoms with E-state index in [-0.39, 0.29) is 5.54 Å². The normalized spacial score (nSPS) is 12.1. The summed E-state index contributed by atoms with van der Waals surface area (Å²) in [5, 5.41) is 0. The topological polar surface area (TPSA) is 29.3 Å². The highest BCUT2D eigenvalue weighted by atomic mass is 15.0. The van der Waals surface area contributed by atoms with Crippen molar-refractivity contribution in [2.24, 2.45) is 5.73 Å². The van der Waals surface area contributed by atoms with Crippen LogP contribution >= 0.6 is 0 Å². The van der Waals surface area contributed by atoms with Crippen LogP contribution in [0.3, 0.4) is 0 Å². The van der Waals surface area contributed by atoms with E-state index in [9.17, 15) is 0 Å². The predicted octanol–water partition coefficient (Wildman–Crippen LogP) is 1.94. The number of hydrogen-bond donors (Lipinski definition) is 1. The number of hydrogen-bond acceptors (Lipinski definition) is 2. The molecule has 0 aliphatic rings. The Hall–Kier alpha value is -0.860. The largest absolute Gasteiger partial charge is 0.322 e. The Labute approximate surface area is 86.7 Å². The standard InChI is InChI=1S/C12H20N2/c1-12(2,13)11-7-5-6-10(8-11)9-14(3)4/h5-8H,9,13H2,1-4H3. The molecule has 0 atom stereocenters. The zero-order valence-electron chi connectivity index (χ0n) is 9.54. The molecule has 0 amide bonds. The lowest BCUT2D eigenvalue weighted by Gasteiger charge is -2.20. The summed E-state index contributed by atoms with van der Waals surface area (Å²) in [5.74, 6) is 0. The predicted molar refractivity (Wildman–Crippen MR) is 61.0 cm³/mol. The van der Waals surface area contributed by atoms with Gasteiger partial charge in [-0.3, -0.25) is 0 Å². The van der Waals surface area contributed by atoms with E-state index >= 15 is 0 Å². The number of rotatable bonds is 3. The van der Waals surface area contributed by atoms with E-state index in [2.05, 4.69) is 43.3 Å². The van der Waals surface area contributed by atoms with Crippen LogP contribution in [-0.2, 0) is 12.1 Å².